The highest BCUT2D eigenvalue weighted by molar-refractivity contribution is 5.20. The van der Waals surface area contributed by atoms with E-state index in [2.05, 4.69) is 4.90 Å². The van der Waals surface area contributed by atoms with Crippen LogP contribution in [0.1, 0.15) is 37.4 Å². The van der Waals surface area contributed by atoms with Gasteiger partial charge >= 0.3 is 0 Å². The minimum absolute atomic E-state index is 0.314. The Kier molecular flexibility index (Phi) is 4.30. The Balaban J connectivity index is 1.88. The monoisotopic (exact) mass is 255 g/mol. The third kappa shape index (κ3) is 3.27. The zero-order valence-corrected chi connectivity index (χ0v) is 10.6. The van der Waals surface area contributed by atoms with Gasteiger partial charge in [0.15, 0.2) is 0 Å². The van der Waals surface area contributed by atoms with Crippen molar-refractivity contribution in [1.29, 1.82) is 0 Å². The van der Waals surface area contributed by atoms with Gasteiger partial charge in [-0.1, -0.05) is 6.42 Å². The molecule has 18 heavy (non-hydrogen) atoms. The second-order valence-corrected chi connectivity index (χ2v) is 5.07. The number of aliphatic hydroxyl groups is 1. The molecular formula is C14H19F2NO. The molecular weight excluding hydrogens is 236 g/mol. The highest BCUT2D eigenvalue weighted by atomic mass is 19.1. The van der Waals surface area contributed by atoms with Crippen LogP contribution in [0, 0.1) is 11.6 Å². The van der Waals surface area contributed by atoms with Crippen LogP contribution in [-0.4, -0.2) is 29.6 Å². The molecule has 1 fully saturated rings. The first-order valence-corrected chi connectivity index (χ1v) is 6.40. The molecule has 100 valence electrons. The van der Waals surface area contributed by atoms with Gasteiger partial charge in [-0.05, 0) is 44.0 Å². The summed E-state index contributed by atoms with van der Waals surface area (Å²) in [5, 5.41) is 9.93. The van der Waals surface area contributed by atoms with Crippen LogP contribution in [-0.2, 0) is 0 Å². The molecule has 1 unspecified atom stereocenters. The van der Waals surface area contributed by atoms with E-state index in [1.165, 1.54) is 31.4 Å². The molecule has 0 bridgehead atoms. The Labute approximate surface area is 106 Å². The summed E-state index contributed by atoms with van der Waals surface area (Å²) in [7, 11) is 2.03. The van der Waals surface area contributed by atoms with E-state index in [-0.39, 0.29) is 0 Å². The lowest BCUT2D eigenvalue weighted by atomic mass is 9.91. The lowest BCUT2D eigenvalue weighted by Crippen LogP contribution is -2.38. The van der Waals surface area contributed by atoms with Crippen LogP contribution in [0.3, 0.4) is 0 Å². The SMILES string of the molecule is CN(CCC(O)c1cc(F)cc(F)c1)C1CCC1. The molecule has 1 N–H and O–H groups in total. The summed E-state index contributed by atoms with van der Waals surface area (Å²) in [4.78, 5) is 2.21. The third-order valence-electron chi connectivity index (χ3n) is 3.72. The predicted octanol–water partition coefficient (Wildman–Crippen LogP) is 2.87. The smallest absolute Gasteiger partial charge is 0.126 e. The summed E-state index contributed by atoms with van der Waals surface area (Å²) < 4.78 is 26.0. The van der Waals surface area contributed by atoms with Gasteiger partial charge in [0.25, 0.3) is 0 Å². The zero-order valence-electron chi connectivity index (χ0n) is 10.6. The fourth-order valence-corrected chi connectivity index (χ4v) is 2.27. The first kappa shape index (κ1) is 13.4. The molecule has 2 rings (SSSR count). The van der Waals surface area contributed by atoms with Crippen LogP contribution >= 0.6 is 0 Å². The van der Waals surface area contributed by atoms with E-state index in [1.54, 1.807) is 0 Å². The summed E-state index contributed by atoms with van der Waals surface area (Å²) in [6.07, 6.45) is 3.38. The molecule has 0 saturated heterocycles. The Morgan fingerprint density at radius 1 is 1.28 bits per heavy atom. The Hall–Kier alpha value is -1.00. The molecule has 1 aliphatic carbocycles. The molecule has 0 aromatic heterocycles. The second-order valence-electron chi connectivity index (χ2n) is 5.07. The van der Waals surface area contributed by atoms with E-state index in [9.17, 15) is 13.9 Å². The topological polar surface area (TPSA) is 23.5 Å². The van der Waals surface area contributed by atoms with Crippen LogP contribution in [0.2, 0.25) is 0 Å². The van der Waals surface area contributed by atoms with Crippen molar-refractivity contribution in [3.05, 3.63) is 35.4 Å². The lowest BCUT2D eigenvalue weighted by Gasteiger charge is -2.35. The van der Waals surface area contributed by atoms with Gasteiger partial charge in [-0.3, -0.25) is 0 Å². The highest BCUT2D eigenvalue weighted by Gasteiger charge is 2.22. The number of halogens is 2. The van der Waals surface area contributed by atoms with Crippen molar-refractivity contribution in [2.24, 2.45) is 0 Å². The van der Waals surface area contributed by atoms with Crippen molar-refractivity contribution in [1.82, 2.24) is 4.90 Å². The molecule has 4 heteroatoms. The molecule has 1 aliphatic rings. The number of benzene rings is 1. The third-order valence-corrected chi connectivity index (χ3v) is 3.72. The van der Waals surface area contributed by atoms with Crippen molar-refractivity contribution in [3.63, 3.8) is 0 Å². The Bertz CT molecular complexity index is 387. The Morgan fingerprint density at radius 2 is 1.89 bits per heavy atom. The van der Waals surface area contributed by atoms with Crippen LogP contribution in [0.5, 0.6) is 0 Å². The number of hydrogen-bond donors (Lipinski definition) is 1. The van der Waals surface area contributed by atoms with Crippen molar-refractivity contribution >= 4 is 0 Å². The van der Waals surface area contributed by atoms with E-state index in [1.807, 2.05) is 7.05 Å². The molecule has 2 nitrogen and oxygen atoms in total. The van der Waals surface area contributed by atoms with Gasteiger partial charge in [0.2, 0.25) is 0 Å². The minimum Gasteiger partial charge on any atom is -0.388 e. The first-order chi connectivity index (χ1) is 8.56. The summed E-state index contributed by atoms with van der Waals surface area (Å²) in [6.45, 7) is 0.740. The van der Waals surface area contributed by atoms with Crippen molar-refractivity contribution in [2.75, 3.05) is 13.6 Å². The summed E-state index contributed by atoms with van der Waals surface area (Å²) >= 11 is 0. The van der Waals surface area contributed by atoms with E-state index in [4.69, 9.17) is 0 Å². The molecule has 0 aliphatic heterocycles. The van der Waals surface area contributed by atoms with Crippen molar-refractivity contribution in [2.45, 2.75) is 37.8 Å². The molecule has 1 saturated carbocycles. The lowest BCUT2D eigenvalue weighted by molar-refractivity contribution is 0.111. The van der Waals surface area contributed by atoms with E-state index >= 15 is 0 Å². The largest absolute Gasteiger partial charge is 0.388 e. The van der Waals surface area contributed by atoms with Crippen molar-refractivity contribution in [3.8, 4) is 0 Å². The van der Waals surface area contributed by atoms with Crippen LogP contribution in [0.25, 0.3) is 0 Å². The molecule has 0 amide bonds. The van der Waals surface area contributed by atoms with Crippen LogP contribution in [0.4, 0.5) is 8.78 Å². The highest BCUT2D eigenvalue weighted by Crippen LogP contribution is 2.25. The second kappa shape index (κ2) is 5.76. The maximum absolute atomic E-state index is 13.0. The molecule has 1 aromatic rings. The van der Waals surface area contributed by atoms with Gasteiger partial charge < -0.3 is 10.0 Å². The van der Waals surface area contributed by atoms with Crippen molar-refractivity contribution < 1.29 is 13.9 Å². The van der Waals surface area contributed by atoms with Crippen LogP contribution in [0.15, 0.2) is 18.2 Å². The Morgan fingerprint density at radius 3 is 2.39 bits per heavy atom. The summed E-state index contributed by atoms with van der Waals surface area (Å²) in [6, 6.07) is 3.81. The molecule has 0 spiro atoms. The predicted molar refractivity (Wildman–Crippen MR) is 66.2 cm³/mol. The van der Waals surface area contributed by atoms with Gasteiger partial charge in [-0.25, -0.2) is 8.78 Å². The van der Waals surface area contributed by atoms with E-state index in [0.717, 1.165) is 12.6 Å². The maximum Gasteiger partial charge on any atom is 0.126 e. The fourth-order valence-electron chi connectivity index (χ4n) is 2.27. The molecule has 0 radical (unpaired) electrons. The number of nitrogens with zero attached hydrogens (tertiary/aromatic N) is 1. The normalized spacial score (nSPS) is 17.8. The fraction of sp³-hybridized carbons (Fsp3) is 0.571. The minimum atomic E-state index is -0.808. The summed E-state index contributed by atoms with van der Waals surface area (Å²) in [5.74, 6) is -1.28. The molecule has 1 atom stereocenters. The first-order valence-electron chi connectivity index (χ1n) is 6.40. The number of hydrogen-bond acceptors (Lipinski definition) is 2. The zero-order chi connectivity index (χ0) is 13.1. The van der Waals surface area contributed by atoms with Gasteiger partial charge in [0, 0.05) is 18.7 Å². The van der Waals surface area contributed by atoms with Crippen LogP contribution < -0.4 is 0 Å². The van der Waals surface area contributed by atoms with E-state index < -0.39 is 17.7 Å². The van der Waals surface area contributed by atoms with Gasteiger partial charge in [-0.15, -0.1) is 0 Å². The molecule has 1 aromatic carbocycles. The standard InChI is InChI=1S/C14H19F2NO/c1-17(13-3-2-4-13)6-5-14(18)10-7-11(15)9-12(16)8-10/h7-9,13-14,18H,2-6H2,1H3. The number of aliphatic hydroxyl groups excluding tert-OH is 1. The quantitative estimate of drug-likeness (QED) is 0.874. The summed E-state index contributed by atoms with van der Waals surface area (Å²) in [5.41, 5.74) is 0.314. The average molecular weight is 255 g/mol. The van der Waals surface area contributed by atoms with E-state index in [0.29, 0.717) is 18.0 Å². The molecule has 0 heterocycles. The number of rotatable bonds is 5. The maximum atomic E-state index is 13.0. The average Bonchev–Trinajstić information content (AvgIpc) is 2.22. The van der Waals surface area contributed by atoms with Gasteiger partial charge in [-0.2, -0.15) is 0 Å². The van der Waals surface area contributed by atoms with Gasteiger partial charge in [0.05, 0.1) is 6.10 Å². The van der Waals surface area contributed by atoms with Gasteiger partial charge in [0.1, 0.15) is 11.6 Å².